The van der Waals surface area contributed by atoms with Gasteiger partial charge in [-0.3, -0.25) is 14.4 Å². The second kappa shape index (κ2) is 11.2. The lowest BCUT2D eigenvalue weighted by molar-refractivity contribution is -0.122. The lowest BCUT2D eigenvalue weighted by Crippen LogP contribution is -2.37. The summed E-state index contributed by atoms with van der Waals surface area (Å²) in [6, 6.07) is 12.7. The van der Waals surface area contributed by atoms with Gasteiger partial charge in [-0.15, -0.1) is 5.10 Å². The van der Waals surface area contributed by atoms with Crippen LogP contribution in [0, 0.1) is 5.92 Å². The van der Waals surface area contributed by atoms with Gasteiger partial charge in [-0.1, -0.05) is 29.5 Å². The maximum atomic E-state index is 13.8. The summed E-state index contributed by atoms with van der Waals surface area (Å²) in [5, 5.41) is 12.5. The Morgan fingerprint density at radius 2 is 1.90 bits per heavy atom. The number of carbonyl (C=O) groups excluding carboxylic acids is 3. The standard InChI is InChI=1S/C30H33N7O5/c1-34-12-11-31-27(38)13-19-14-36(30(40)23-16-35(2)24-9-5-4-7-21(23)24)17-25(19)37-15-20(32-33-37)18-42-28-22(29(34)39)8-6-10-26(28)41-3/h4-10,15-16,19,25H,11-14,17-18H2,1-3H3,(H,31,38)/t19-,25+/m0/s1. The Bertz CT molecular complexity index is 1660. The topological polar surface area (TPSA) is 124 Å². The zero-order valence-corrected chi connectivity index (χ0v) is 23.8. The van der Waals surface area contributed by atoms with E-state index in [0.29, 0.717) is 48.0 Å². The molecule has 0 radical (unpaired) electrons. The molecule has 218 valence electrons. The molecule has 1 N–H and O–H groups in total. The molecule has 2 atom stereocenters. The molecule has 2 bridgehead atoms. The second-order valence-electron chi connectivity index (χ2n) is 10.8. The third kappa shape index (κ3) is 5.04. The smallest absolute Gasteiger partial charge is 0.257 e. The molecule has 2 aromatic heterocycles. The number of aromatic nitrogens is 4. The molecule has 4 aromatic rings. The molecule has 0 saturated carbocycles. The van der Waals surface area contributed by atoms with E-state index < -0.39 is 0 Å². The van der Waals surface area contributed by atoms with Crippen molar-refractivity contribution >= 4 is 28.6 Å². The van der Waals surface area contributed by atoms with E-state index >= 15 is 0 Å². The van der Waals surface area contributed by atoms with E-state index in [1.807, 2.05) is 42.1 Å². The lowest BCUT2D eigenvalue weighted by Gasteiger charge is -2.21. The van der Waals surface area contributed by atoms with Gasteiger partial charge in [-0.05, 0) is 18.2 Å². The predicted octanol–water partition coefficient (Wildman–Crippen LogP) is 2.26. The van der Waals surface area contributed by atoms with Gasteiger partial charge in [0.25, 0.3) is 11.8 Å². The summed E-state index contributed by atoms with van der Waals surface area (Å²) in [5.41, 5.74) is 2.50. The summed E-state index contributed by atoms with van der Waals surface area (Å²) < 4.78 is 15.2. The van der Waals surface area contributed by atoms with Crippen LogP contribution in [0.5, 0.6) is 11.5 Å². The van der Waals surface area contributed by atoms with Gasteiger partial charge in [0.05, 0.1) is 30.5 Å². The number of benzene rings is 2. The van der Waals surface area contributed by atoms with Gasteiger partial charge < -0.3 is 29.2 Å². The quantitative estimate of drug-likeness (QED) is 0.392. The van der Waals surface area contributed by atoms with Crippen molar-refractivity contribution < 1.29 is 23.9 Å². The molecule has 6 rings (SSSR count). The normalized spacial score (nSPS) is 19.7. The molecule has 1 saturated heterocycles. The minimum Gasteiger partial charge on any atom is -0.493 e. The van der Waals surface area contributed by atoms with Gasteiger partial charge >= 0.3 is 0 Å². The molecule has 3 amide bonds. The third-order valence-corrected chi connectivity index (χ3v) is 8.08. The molecule has 0 aliphatic carbocycles. The molecule has 1 fully saturated rings. The number of aryl methyl sites for hydroxylation is 1. The fraction of sp³-hybridized carbons (Fsp3) is 0.367. The Morgan fingerprint density at radius 3 is 2.74 bits per heavy atom. The van der Waals surface area contributed by atoms with Crippen molar-refractivity contribution in [3.05, 3.63) is 71.7 Å². The zero-order chi connectivity index (χ0) is 29.4. The van der Waals surface area contributed by atoms with Crippen LogP contribution in [0.15, 0.2) is 54.9 Å². The average Bonchev–Trinajstić information content (AvgIpc) is 3.72. The zero-order valence-electron chi connectivity index (χ0n) is 23.8. The summed E-state index contributed by atoms with van der Waals surface area (Å²) in [6.45, 7) is 1.43. The van der Waals surface area contributed by atoms with E-state index in [2.05, 4.69) is 15.6 Å². The molecule has 0 unspecified atom stereocenters. The molecule has 42 heavy (non-hydrogen) atoms. The van der Waals surface area contributed by atoms with Crippen molar-refractivity contribution in [3.63, 3.8) is 0 Å². The predicted molar refractivity (Wildman–Crippen MR) is 153 cm³/mol. The Labute approximate surface area is 242 Å². The molecule has 2 aromatic carbocycles. The summed E-state index contributed by atoms with van der Waals surface area (Å²) in [6.07, 6.45) is 3.84. The number of fused-ring (bicyclic) bond motifs is 6. The molecule has 2 aliphatic heterocycles. The van der Waals surface area contributed by atoms with Crippen LogP contribution in [-0.2, 0) is 18.4 Å². The number of ether oxygens (including phenoxy) is 2. The van der Waals surface area contributed by atoms with E-state index in [1.165, 1.54) is 12.0 Å². The number of likely N-dealkylation sites (tertiary alicyclic amines) is 1. The fourth-order valence-corrected chi connectivity index (χ4v) is 5.86. The molecule has 12 nitrogen and oxygen atoms in total. The highest BCUT2D eigenvalue weighted by Crippen LogP contribution is 2.34. The number of carbonyl (C=O) groups is 3. The molecular weight excluding hydrogens is 538 g/mol. The summed E-state index contributed by atoms with van der Waals surface area (Å²) in [4.78, 5) is 43.5. The number of hydrogen-bond acceptors (Lipinski definition) is 7. The van der Waals surface area contributed by atoms with Crippen molar-refractivity contribution in [2.75, 3.05) is 40.3 Å². The van der Waals surface area contributed by atoms with E-state index in [1.54, 1.807) is 41.0 Å². The minimum absolute atomic E-state index is 0.0564. The number of rotatable bonds is 2. The Morgan fingerprint density at radius 1 is 1.07 bits per heavy atom. The first kappa shape index (κ1) is 27.3. The molecule has 12 heteroatoms. The van der Waals surface area contributed by atoms with Gasteiger partial charge in [0.2, 0.25) is 5.91 Å². The van der Waals surface area contributed by atoms with Crippen molar-refractivity contribution in [2.24, 2.45) is 13.0 Å². The summed E-state index contributed by atoms with van der Waals surface area (Å²) >= 11 is 0. The average molecular weight is 572 g/mol. The second-order valence-corrected chi connectivity index (χ2v) is 10.8. The van der Waals surface area contributed by atoms with Gasteiger partial charge in [-0.2, -0.15) is 0 Å². The first-order chi connectivity index (χ1) is 20.3. The highest BCUT2D eigenvalue weighted by Gasteiger charge is 2.39. The summed E-state index contributed by atoms with van der Waals surface area (Å²) in [5.74, 6) is 0.0590. The van der Waals surface area contributed by atoms with Crippen molar-refractivity contribution in [3.8, 4) is 11.5 Å². The van der Waals surface area contributed by atoms with Crippen LogP contribution >= 0.6 is 0 Å². The number of nitrogens with one attached hydrogen (secondary N) is 1. The van der Waals surface area contributed by atoms with Gasteiger partial charge in [-0.25, -0.2) is 4.68 Å². The van der Waals surface area contributed by atoms with Crippen LogP contribution in [-0.4, -0.2) is 87.4 Å². The van der Waals surface area contributed by atoms with E-state index in [9.17, 15) is 14.4 Å². The van der Waals surface area contributed by atoms with Crippen LogP contribution in [0.25, 0.3) is 10.9 Å². The molecule has 0 spiro atoms. The van der Waals surface area contributed by atoms with Crippen molar-refractivity contribution in [1.29, 1.82) is 0 Å². The number of amides is 3. The third-order valence-electron chi connectivity index (χ3n) is 8.08. The number of methoxy groups -OCH3 is 1. The van der Waals surface area contributed by atoms with Crippen LogP contribution < -0.4 is 14.8 Å². The molecular formula is C30H33N7O5. The van der Waals surface area contributed by atoms with Crippen molar-refractivity contribution in [1.82, 2.24) is 34.7 Å². The first-order valence-corrected chi connectivity index (χ1v) is 13.9. The number of likely N-dealkylation sites (N-methyl/N-ethyl adjacent to an activating group) is 1. The number of nitrogens with zero attached hydrogens (tertiary/aromatic N) is 6. The first-order valence-electron chi connectivity index (χ1n) is 13.9. The highest BCUT2D eigenvalue weighted by molar-refractivity contribution is 6.07. The van der Waals surface area contributed by atoms with Gasteiger partial charge in [0, 0.05) is 69.7 Å². The SMILES string of the molecule is COc1cccc2c1OCc1cn(nn1)[C@@H]1CN(C(=O)c3cn(C)c4ccccc34)C[C@@H]1CC(=O)NCCN(C)C2=O. The Balaban J connectivity index is 1.30. The Hall–Kier alpha value is -4.87. The number of hydrogen-bond donors (Lipinski definition) is 1. The highest BCUT2D eigenvalue weighted by atomic mass is 16.5. The van der Waals surface area contributed by atoms with E-state index in [0.717, 1.165) is 10.9 Å². The Kier molecular flexibility index (Phi) is 7.27. The van der Waals surface area contributed by atoms with Gasteiger partial charge in [0.15, 0.2) is 11.5 Å². The van der Waals surface area contributed by atoms with Crippen LogP contribution in [0.4, 0.5) is 0 Å². The minimum atomic E-state index is -0.257. The van der Waals surface area contributed by atoms with E-state index in [4.69, 9.17) is 9.47 Å². The molecule has 2 aliphatic rings. The lowest BCUT2D eigenvalue weighted by atomic mass is 9.99. The fourth-order valence-electron chi connectivity index (χ4n) is 5.86. The van der Waals surface area contributed by atoms with Crippen LogP contribution in [0.1, 0.15) is 38.9 Å². The van der Waals surface area contributed by atoms with Crippen LogP contribution in [0.3, 0.4) is 0 Å². The van der Waals surface area contributed by atoms with Crippen molar-refractivity contribution in [2.45, 2.75) is 19.1 Å². The van der Waals surface area contributed by atoms with Crippen LogP contribution in [0.2, 0.25) is 0 Å². The monoisotopic (exact) mass is 571 g/mol. The molecule has 4 heterocycles. The summed E-state index contributed by atoms with van der Waals surface area (Å²) in [7, 11) is 5.12. The number of para-hydroxylation sites is 2. The maximum absolute atomic E-state index is 13.8. The largest absolute Gasteiger partial charge is 0.493 e. The van der Waals surface area contributed by atoms with Gasteiger partial charge in [0.1, 0.15) is 12.3 Å². The maximum Gasteiger partial charge on any atom is 0.257 e. The van der Waals surface area contributed by atoms with E-state index in [-0.39, 0.29) is 49.3 Å².